The molecule has 0 radical (unpaired) electrons. The first-order valence-electron chi connectivity index (χ1n) is 13.3. The third-order valence-corrected chi connectivity index (χ3v) is 7.41. The summed E-state index contributed by atoms with van der Waals surface area (Å²) in [6.45, 7) is 3.29. The Labute approximate surface area is 233 Å². The van der Waals surface area contributed by atoms with E-state index < -0.39 is 49.1 Å². The zero-order chi connectivity index (χ0) is 29.5. The lowest BCUT2D eigenvalue weighted by Gasteiger charge is -2.36. The zero-order valence-corrected chi connectivity index (χ0v) is 23.1. The average Bonchev–Trinajstić information content (AvgIpc) is 3.30. The van der Waals surface area contributed by atoms with Crippen LogP contribution < -0.4 is 10.1 Å². The third-order valence-electron chi connectivity index (χ3n) is 7.41. The molecule has 218 valence electrons. The first kappa shape index (κ1) is 31.3. The van der Waals surface area contributed by atoms with Gasteiger partial charge in [-0.25, -0.2) is 13.6 Å². The van der Waals surface area contributed by atoms with Crippen LogP contribution in [0.15, 0.2) is 35.9 Å². The number of hydrogen-bond donors (Lipinski definition) is 3. The van der Waals surface area contributed by atoms with Crippen molar-refractivity contribution >= 4 is 19.1 Å². The summed E-state index contributed by atoms with van der Waals surface area (Å²) in [5.41, 5.74) is -0.356. The van der Waals surface area contributed by atoms with Crippen LogP contribution in [-0.2, 0) is 16.0 Å². The SMILES string of the molecule is COc1ccc(C[C@H](NC(=O)OC[C@H]2CCCCN2C(=O)/C(C#N)=C/C(C)(C)N2CCC(F)(F)C2)B(O)O)cc1. The van der Waals surface area contributed by atoms with Gasteiger partial charge in [0.1, 0.15) is 24.0 Å². The van der Waals surface area contributed by atoms with E-state index in [1.165, 1.54) is 18.1 Å². The fourth-order valence-corrected chi connectivity index (χ4v) is 5.02. The van der Waals surface area contributed by atoms with Gasteiger partial charge in [-0.3, -0.25) is 9.69 Å². The van der Waals surface area contributed by atoms with Gasteiger partial charge in [-0.2, -0.15) is 5.26 Å². The first-order valence-corrected chi connectivity index (χ1v) is 13.3. The van der Waals surface area contributed by atoms with Crippen LogP contribution in [0.2, 0.25) is 0 Å². The molecule has 0 aromatic heterocycles. The van der Waals surface area contributed by atoms with Crippen LogP contribution in [0.4, 0.5) is 13.6 Å². The zero-order valence-electron chi connectivity index (χ0n) is 23.1. The van der Waals surface area contributed by atoms with Crippen molar-refractivity contribution < 1.29 is 37.9 Å². The summed E-state index contributed by atoms with van der Waals surface area (Å²) in [4.78, 5) is 28.9. The maximum absolute atomic E-state index is 13.8. The van der Waals surface area contributed by atoms with Crippen LogP contribution in [0.3, 0.4) is 0 Å². The van der Waals surface area contributed by atoms with Gasteiger partial charge in [0, 0.05) is 25.0 Å². The number of piperidine rings is 1. The van der Waals surface area contributed by atoms with Crippen molar-refractivity contribution in [3.63, 3.8) is 0 Å². The Balaban J connectivity index is 1.62. The second-order valence-corrected chi connectivity index (χ2v) is 10.8. The number of rotatable bonds is 10. The number of amides is 2. The van der Waals surface area contributed by atoms with E-state index in [-0.39, 0.29) is 31.6 Å². The molecule has 0 unspecified atom stereocenters. The standard InChI is InChI=1S/C27H37BF2N4O6/c1-26(2,33-13-11-27(29,30)18-33)15-20(16-31)24(35)34-12-5-4-6-21(34)17-40-25(36)32-23(28(37)38)14-19-7-9-22(39-3)10-8-19/h7-10,15,21,23,37-38H,4-6,11-14,17-18H2,1-3H3,(H,32,36)/b20-15+/t21-,23+/m1/s1. The fraction of sp³-hybridized carbons (Fsp3) is 0.593. The molecule has 1 aromatic rings. The molecular formula is C27H37BF2N4O6. The predicted molar refractivity (Wildman–Crippen MR) is 143 cm³/mol. The largest absolute Gasteiger partial charge is 0.497 e. The predicted octanol–water partition coefficient (Wildman–Crippen LogP) is 2.30. The number of likely N-dealkylation sites (tertiary alicyclic amines) is 2. The second kappa shape index (κ2) is 13.4. The molecule has 13 heteroatoms. The van der Waals surface area contributed by atoms with Crippen molar-refractivity contribution in [2.45, 2.75) is 69.4 Å². The number of carbonyl (C=O) groups excluding carboxylic acids is 2. The van der Waals surface area contributed by atoms with E-state index in [9.17, 15) is 33.7 Å². The van der Waals surface area contributed by atoms with Gasteiger partial charge in [0.25, 0.3) is 11.8 Å². The number of nitriles is 1. The topological polar surface area (TPSA) is 135 Å². The van der Waals surface area contributed by atoms with Gasteiger partial charge in [-0.05, 0) is 63.3 Å². The number of alkyl halides is 2. The van der Waals surface area contributed by atoms with Gasteiger partial charge < -0.3 is 29.7 Å². The Morgan fingerprint density at radius 1 is 1.27 bits per heavy atom. The number of methoxy groups -OCH3 is 1. The normalized spacial score (nSPS) is 20.4. The molecule has 0 aliphatic carbocycles. The van der Waals surface area contributed by atoms with Crippen molar-refractivity contribution in [1.29, 1.82) is 5.26 Å². The molecule has 2 atom stereocenters. The average molecular weight is 562 g/mol. The number of hydrogen-bond acceptors (Lipinski definition) is 8. The van der Waals surface area contributed by atoms with Crippen LogP contribution in [0.1, 0.15) is 45.1 Å². The van der Waals surface area contributed by atoms with Crippen LogP contribution in [-0.4, -0.2) is 95.8 Å². The molecule has 2 saturated heterocycles. The summed E-state index contributed by atoms with van der Waals surface area (Å²) in [5, 5.41) is 31.8. The van der Waals surface area contributed by atoms with Crippen molar-refractivity contribution in [3.8, 4) is 11.8 Å². The van der Waals surface area contributed by atoms with Gasteiger partial charge >= 0.3 is 13.2 Å². The number of benzene rings is 1. The Kier molecular flexibility index (Phi) is 10.5. The molecule has 0 saturated carbocycles. The minimum atomic E-state index is -2.81. The Hall–Kier alpha value is -3.21. The van der Waals surface area contributed by atoms with E-state index in [1.54, 1.807) is 43.0 Å². The second-order valence-electron chi connectivity index (χ2n) is 10.8. The highest BCUT2D eigenvalue weighted by atomic mass is 19.3. The van der Waals surface area contributed by atoms with Crippen LogP contribution in [0, 0.1) is 11.3 Å². The molecule has 2 amide bonds. The molecule has 2 aliphatic heterocycles. The van der Waals surface area contributed by atoms with Crippen LogP contribution in [0.5, 0.6) is 5.75 Å². The molecule has 3 N–H and O–H groups in total. The Bertz CT molecular complexity index is 1110. The number of nitrogens with zero attached hydrogens (tertiary/aromatic N) is 3. The lowest BCUT2D eigenvalue weighted by molar-refractivity contribution is -0.131. The molecule has 40 heavy (non-hydrogen) atoms. The molecular weight excluding hydrogens is 525 g/mol. The molecule has 3 rings (SSSR count). The third kappa shape index (κ3) is 8.40. The van der Waals surface area contributed by atoms with E-state index in [2.05, 4.69) is 5.32 Å². The molecule has 2 heterocycles. The first-order chi connectivity index (χ1) is 18.8. The smallest absolute Gasteiger partial charge is 0.475 e. The van der Waals surface area contributed by atoms with Gasteiger partial charge in [0.2, 0.25) is 0 Å². The maximum Gasteiger partial charge on any atom is 0.475 e. The Morgan fingerprint density at radius 2 is 1.98 bits per heavy atom. The molecule has 0 bridgehead atoms. The summed E-state index contributed by atoms with van der Waals surface area (Å²) in [5.74, 6) is -3.76. The minimum absolute atomic E-state index is 0.125. The summed E-state index contributed by atoms with van der Waals surface area (Å²) in [7, 11) is -0.311. The maximum atomic E-state index is 13.8. The van der Waals surface area contributed by atoms with E-state index >= 15 is 0 Å². The summed E-state index contributed by atoms with van der Waals surface area (Å²) in [6.07, 6.45) is 2.43. The van der Waals surface area contributed by atoms with E-state index in [1.807, 2.05) is 6.07 Å². The van der Waals surface area contributed by atoms with E-state index in [0.29, 0.717) is 25.1 Å². The highest BCUT2D eigenvalue weighted by Gasteiger charge is 2.43. The number of ether oxygens (including phenoxy) is 2. The quantitative estimate of drug-likeness (QED) is 0.225. The summed E-state index contributed by atoms with van der Waals surface area (Å²) in [6, 6.07) is 8.34. The lowest BCUT2D eigenvalue weighted by Crippen LogP contribution is -2.50. The molecule has 1 aromatic carbocycles. The Morgan fingerprint density at radius 3 is 2.55 bits per heavy atom. The fourth-order valence-electron chi connectivity index (χ4n) is 5.02. The monoisotopic (exact) mass is 562 g/mol. The highest BCUT2D eigenvalue weighted by molar-refractivity contribution is 6.43. The minimum Gasteiger partial charge on any atom is -0.497 e. The number of carbonyl (C=O) groups is 2. The lowest BCUT2D eigenvalue weighted by atomic mass is 9.76. The molecule has 0 spiro atoms. The molecule has 2 aliphatic rings. The van der Waals surface area contributed by atoms with Gasteiger partial charge in [-0.15, -0.1) is 0 Å². The van der Waals surface area contributed by atoms with Crippen molar-refractivity contribution in [2.24, 2.45) is 0 Å². The van der Waals surface area contributed by atoms with Crippen molar-refractivity contribution in [1.82, 2.24) is 15.1 Å². The van der Waals surface area contributed by atoms with Gasteiger partial charge in [0.15, 0.2) is 0 Å². The van der Waals surface area contributed by atoms with Crippen LogP contribution in [0.25, 0.3) is 0 Å². The van der Waals surface area contributed by atoms with E-state index in [4.69, 9.17) is 9.47 Å². The van der Waals surface area contributed by atoms with Gasteiger partial charge in [0.05, 0.1) is 25.6 Å². The number of halogens is 2. The number of nitrogens with one attached hydrogen (secondary N) is 1. The number of alkyl carbamates (subject to hydrolysis) is 1. The molecule has 2 fully saturated rings. The summed E-state index contributed by atoms with van der Waals surface area (Å²) >= 11 is 0. The van der Waals surface area contributed by atoms with Crippen molar-refractivity contribution in [3.05, 3.63) is 41.5 Å². The summed E-state index contributed by atoms with van der Waals surface area (Å²) < 4.78 is 38.0. The van der Waals surface area contributed by atoms with Gasteiger partial charge in [-0.1, -0.05) is 12.1 Å². The van der Waals surface area contributed by atoms with E-state index in [0.717, 1.165) is 12.0 Å². The van der Waals surface area contributed by atoms with Crippen molar-refractivity contribution in [2.75, 3.05) is 33.4 Å². The molecule has 10 nitrogen and oxygen atoms in total. The van der Waals surface area contributed by atoms with Crippen LogP contribution >= 0.6 is 0 Å². The highest BCUT2D eigenvalue weighted by Crippen LogP contribution is 2.33.